The Kier molecular flexibility index (Phi) is 3.69. The van der Waals surface area contributed by atoms with Crippen LogP contribution in [0.1, 0.15) is 20.3 Å². The van der Waals surface area contributed by atoms with Crippen LogP contribution in [0.3, 0.4) is 0 Å². The summed E-state index contributed by atoms with van der Waals surface area (Å²) in [5.41, 5.74) is 0.384. The van der Waals surface area contributed by atoms with Gasteiger partial charge in [-0.1, -0.05) is 19.9 Å². The van der Waals surface area contributed by atoms with Gasteiger partial charge in [-0.2, -0.15) is 4.98 Å². The van der Waals surface area contributed by atoms with Gasteiger partial charge in [0.05, 0.1) is 0 Å². The molecular formula is C13H15FN2O3. The first-order chi connectivity index (χ1) is 8.97. The molecule has 0 saturated heterocycles. The number of nitrogens with one attached hydrogen (secondary N) is 1. The average Bonchev–Trinajstić information content (AvgIpc) is 2.71. The molecule has 0 amide bonds. The Labute approximate surface area is 109 Å². The molecule has 2 rings (SSSR count). The van der Waals surface area contributed by atoms with Gasteiger partial charge in [0.2, 0.25) is 0 Å². The molecule has 0 radical (unpaired) electrons. The van der Waals surface area contributed by atoms with Crippen molar-refractivity contribution in [3.05, 3.63) is 24.0 Å². The molecular weight excluding hydrogens is 251 g/mol. The number of aromatic nitrogens is 1. The van der Waals surface area contributed by atoms with Gasteiger partial charge < -0.3 is 14.8 Å². The fraction of sp³-hybridized carbons (Fsp3) is 0.385. The topological polar surface area (TPSA) is 75.4 Å². The molecule has 1 atom stereocenters. The molecule has 19 heavy (non-hydrogen) atoms. The lowest BCUT2D eigenvalue weighted by atomic mass is 10.0. The zero-order chi connectivity index (χ0) is 14.0. The van der Waals surface area contributed by atoms with Crippen molar-refractivity contribution >= 4 is 23.1 Å². The summed E-state index contributed by atoms with van der Waals surface area (Å²) in [6.45, 7) is 3.84. The quantitative estimate of drug-likeness (QED) is 0.870. The number of oxazole rings is 1. The molecule has 1 aromatic carbocycles. The first kappa shape index (κ1) is 13.3. The van der Waals surface area contributed by atoms with Crippen LogP contribution in [0, 0.1) is 11.7 Å². The smallest absolute Gasteiger partial charge is 0.326 e. The molecule has 0 unspecified atom stereocenters. The van der Waals surface area contributed by atoms with Crippen molar-refractivity contribution < 1.29 is 18.7 Å². The van der Waals surface area contributed by atoms with Crippen LogP contribution in [0.15, 0.2) is 22.6 Å². The number of fused-ring (bicyclic) bond motifs is 1. The first-order valence-electron chi connectivity index (χ1n) is 6.01. The Morgan fingerprint density at radius 1 is 1.53 bits per heavy atom. The molecule has 0 spiro atoms. The van der Waals surface area contributed by atoms with Crippen LogP contribution in [0.25, 0.3) is 11.1 Å². The second-order valence-electron chi connectivity index (χ2n) is 4.77. The minimum Gasteiger partial charge on any atom is -0.480 e. The summed E-state index contributed by atoms with van der Waals surface area (Å²) >= 11 is 0. The predicted molar refractivity (Wildman–Crippen MR) is 68.5 cm³/mol. The van der Waals surface area contributed by atoms with Gasteiger partial charge in [0, 0.05) is 0 Å². The molecule has 0 fully saturated rings. The molecule has 2 aromatic rings. The average molecular weight is 266 g/mol. The van der Waals surface area contributed by atoms with Crippen molar-refractivity contribution in [3.63, 3.8) is 0 Å². The zero-order valence-electron chi connectivity index (χ0n) is 10.7. The van der Waals surface area contributed by atoms with Crippen molar-refractivity contribution in [2.24, 2.45) is 5.92 Å². The third-order valence-corrected chi connectivity index (χ3v) is 2.67. The Bertz CT molecular complexity index is 595. The number of halogens is 1. The molecule has 1 aromatic heterocycles. The number of anilines is 1. The summed E-state index contributed by atoms with van der Waals surface area (Å²) in [6, 6.07) is 3.58. The number of rotatable bonds is 5. The number of aliphatic carboxylic acids is 1. The molecule has 5 nitrogen and oxygen atoms in total. The van der Waals surface area contributed by atoms with Crippen LogP contribution in [0.4, 0.5) is 10.4 Å². The van der Waals surface area contributed by atoms with E-state index in [9.17, 15) is 9.18 Å². The lowest BCUT2D eigenvalue weighted by Crippen LogP contribution is -2.30. The van der Waals surface area contributed by atoms with Gasteiger partial charge in [0.25, 0.3) is 6.01 Å². The second-order valence-corrected chi connectivity index (χ2v) is 4.77. The number of para-hydroxylation sites is 1. The van der Waals surface area contributed by atoms with Crippen molar-refractivity contribution in [1.29, 1.82) is 0 Å². The standard InChI is InChI=1S/C13H15FN2O3/c1-7(2)6-9(12(17)18)15-13-16-11-8(14)4-3-5-10(11)19-13/h3-5,7,9H,6H2,1-2H3,(H,15,16)(H,17,18)/t9-/m1/s1. The van der Waals surface area contributed by atoms with E-state index in [2.05, 4.69) is 10.3 Å². The zero-order valence-corrected chi connectivity index (χ0v) is 10.7. The molecule has 0 saturated carbocycles. The number of hydrogen-bond donors (Lipinski definition) is 2. The molecule has 6 heteroatoms. The van der Waals surface area contributed by atoms with Crippen LogP contribution in [0.5, 0.6) is 0 Å². The minimum atomic E-state index is -0.989. The number of benzene rings is 1. The predicted octanol–water partition coefficient (Wildman–Crippen LogP) is 2.88. The lowest BCUT2D eigenvalue weighted by Gasteiger charge is -2.14. The van der Waals surface area contributed by atoms with Crippen LogP contribution < -0.4 is 5.32 Å². The summed E-state index contributed by atoms with van der Waals surface area (Å²) in [4.78, 5) is 15.0. The van der Waals surface area contributed by atoms with E-state index in [1.807, 2.05) is 13.8 Å². The van der Waals surface area contributed by atoms with E-state index >= 15 is 0 Å². The maximum absolute atomic E-state index is 13.4. The lowest BCUT2D eigenvalue weighted by molar-refractivity contribution is -0.138. The van der Waals surface area contributed by atoms with E-state index in [-0.39, 0.29) is 23.0 Å². The maximum Gasteiger partial charge on any atom is 0.326 e. The largest absolute Gasteiger partial charge is 0.480 e. The SMILES string of the molecule is CC(C)C[C@@H](Nc1nc2c(F)cccc2o1)C(=O)O. The fourth-order valence-corrected chi connectivity index (χ4v) is 1.82. The number of nitrogens with zero attached hydrogens (tertiary/aromatic N) is 1. The molecule has 0 aliphatic carbocycles. The third-order valence-electron chi connectivity index (χ3n) is 2.67. The maximum atomic E-state index is 13.4. The van der Waals surface area contributed by atoms with Crippen LogP contribution in [0.2, 0.25) is 0 Å². The van der Waals surface area contributed by atoms with Gasteiger partial charge in [-0.05, 0) is 24.5 Å². The molecule has 1 heterocycles. The van der Waals surface area contributed by atoms with Crippen LogP contribution in [-0.4, -0.2) is 22.1 Å². The summed E-state index contributed by atoms with van der Waals surface area (Å²) in [5, 5.41) is 11.8. The van der Waals surface area contributed by atoms with Gasteiger partial charge >= 0.3 is 5.97 Å². The number of carbonyl (C=O) groups is 1. The molecule has 102 valence electrons. The van der Waals surface area contributed by atoms with Gasteiger partial charge in [-0.25, -0.2) is 9.18 Å². The second kappa shape index (κ2) is 5.26. The van der Waals surface area contributed by atoms with Crippen LogP contribution >= 0.6 is 0 Å². The Morgan fingerprint density at radius 2 is 2.26 bits per heavy atom. The summed E-state index contributed by atoms with van der Waals surface area (Å²) in [6.07, 6.45) is 0.427. The van der Waals surface area contributed by atoms with Crippen molar-refractivity contribution in [2.45, 2.75) is 26.3 Å². The number of carboxylic acids is 1. The number of carboxylic acid groups (broad SMARTS) is 1. The Hall–Kier alpha value is -2.11. The monoisotopic (exact) mass is 266 g/mol. The highest BCUT2D eigenvalue weighted by Crippen LogP contribution is 2.22. The van der Waals surface area contributed by atoms with E-state index in [1.165, 1.54) is 12.1 Å². The van der Waals surface area contributed by atoms with Gasteiger partial charge in [-0.3, -0.25) is 0 Å². The third kappa shape index (κ3) is 3.01. The summed E-state index contributed by atoms with van der Waals surface area (Å²) in [5.74, 6) is -1.28. The van der Waals surface area contributed by atoms with E-state index in [1.54, 1.807) is 6.07 Å². The van der Waals surface area contributed by atoms with E-state index < -0.39 is 17.8 Å². The highest BCUT2D eigenvalue weighted by atomic mass is 19.1. The van der Waals surface area contributed by atoms with E-state index in [4.69, 9.17) is 9.52 Å². The normalized spacial score (nSPS) is 12.8. The highest BCUT2D eigenvalue weighted by molar-refractivity contribution is 5.78. The summed E-state index contributed by atoms with van der Waals surface area (Å²) in [7, 11) is 0. The van der Waals surface area contributed by atoms with Crippen LogP contribution in [-0.2, 0) is 4.79 Å². The van der Waals surface area contributed by atoms with Gasteiger partial charge in [-0.15, -0.1) is 0 Å². The van der Waals surface area contributed by atoms with E-state index in [0.717, 1.165) is 0 Å². The van der Waals surface area contributed by atoms with E-state index in [0.29, 0.717) is 6.42 Å². The van der Waals surface area contributed by atoms with Gasteiger partial charge in [0.1, 0.15) is 11.6 Å². The molecule has 0 aliphatic heterocycles. The summed E-state index contributed by atoms with van der Waals surface area (Å²) < 4.78 is 18.7. The molecule has 0 aliphatic rings. The highest BCUT2D eigenvalue weighted by Gasteiger charge is 2.21. The number of hydrogen-bond acceptors (Lipinski definition) is 4. The minimum absolute atomic E-state index is 0.0214. The first-order valence-corrected chi connectivity index (χ1v) is 6.01. The Balaban J connectivity index is 2.24. The van der Waals surface area contributed by atoms with Crippen molar-refractivity contribution in [1.82, 2.24) is 4.98 Å². The Morgan fingerprint density at radius 3 is 2.84 bits per heavy atom. The van der Waals surface area contributed by atoms with Crippen molar-refractivity contribution in [3.8, 4) is 0 Å². The molecule has 2 N–H and O–H groups in total. The fourth-order valence-electron chi connectivity index (χ4n) is 1.82. The van der Waals surface area contributed by atoms with Crippen molar-refractivity contribution in [2.75, 3.05) is 5.32 Å². The molecule has 0 bridgehead atoms. The van der Waals surface area contributed by atoms with Gasteiger partial charge in [0.15, 0.2) is 11.4 Å².